The van der Waals surface area contributed by atoms with Crippen LogP contribution >= 0.6 is 15.9 Å². The van der Waals surface area contributed by atoms with E-state index in [0.29, 0.717) is 17.0 Å². The van der Waals surface area contributed by atoms with Crippen molar-refractivity contribution in [1.29, 1.82) is 0 Å². The van der Waals surface area contributed by atoms with Crippen molar-refractivity contribution in [2.24, 2.45) is 5.10 Å². The molecular weight excluding hydrogens is 400 g/mol. The molecule has 0 saturated carbocycles. The smallest absolute Gasteiger partial charge is 0.289 e. The topological polar surface area (TPSA) is 99.6 Å². The van der Waals surface area contributed by atoms with Gasteiger partial charge in [0, 0.05) is 15.6 Å². The van der Waals surface area contributed by atoms with Crippen LogP contribution in [0.2, 0.25) is 0 Å². The zero-order valence-corrected chi connectivity index (χ0v) is 15.3. The quantitative estimate of drug-likeness (QED) is 0.440. The van der Waals surface area contributed by atoms with E-state index < -0.39 is 5.91 Å². The number of hydrogen-bond acceptors (Lipinski definition) is 5. The summed E-state index contributed by atoms with van der Waals surface area (Å²) in [5.74, 6) is -0.167. The molecule has 3 aromatic rings. The van der Waals surface area contributed by atoms with E-state index in [4.69, 9.17) is 4.74 Å². The number of methoxy groups -OCH3 is 1. The van der Waals surface area contributed by atoms with Crippen LogP contribution in [-0.2, 0) is 0 Å². The normalized spacial score (nSPS) is 10.8. The third-order valence-electron chi connectivity index (χ3n) is 3.58. The van der Waals surface area contributed by atoms with Gasteiger partial charge in [-0.25, -0.2) is 5.43 Å². The number of phenols is 1. The van der Waals surface area contributed by atoms with Gasteiger partial charge in [0.25, 0.3) is 5.91 Å². The van der Waals surface area contributed by atoms with E-state index in [1.54, 1.807) is 24.3 Å². The van der Waals surface area contributed by atoms with Gasteiger partial charge in [-0.2, -0.15) is 10.2 Å². The Kier molecular flexibility index (Phi) is 5.33. The number of aromatic nitrogens is 2. The van der Waals surface area contributed by atoms with E-state index in [1.165, 1.54) is 13.3 Å². The molecule has 3 rings (SSSR count). The minimum Gasteiger partial charge on any atom is -0.504 e. The number of ether oxygens (including phenoxy) is 1. The molecular formula is C18H15BrN4O3. The fraction of sp³-hybridized carbons (Fsp3) is 0.0556. The number of amides is 1. The van der Waals surface area contributed by atoms with Crippen LogP contribution in [0, 0.1) is 0 Å². The van der Waals surface area contributed by atoms with Crippen LogP contribution in [-0.4, -0.2) is 34.5 Å². The van der Waals surface area contributed by atoms with Gasteiger partial charge in [0.1, 0.15) is 5.69 Å². The Morgan fingerprint density at radius 2 is 2.08 bits per heavy atom. The Labute approximate surface area is 157 Å². The van der Waals surface area contributed by atoms with Crippen LogP contribution in [0.1, 0.15) is 16.1 Å². The Balaban J connectivity index is 1.68. The highest BCUT2D eigenvalue weighted by Gasteiger charge is 2.11. The van der Waals surface area contributed by atoms with Crippen molar-refractivity contribution < 1.29 is 14.6 Å². The number of phenolic OH excluding ortho intramolecular Hbond substituents is 1. The maximum absolute atomic E-state index is 12.2. The number of para-hydroxylation sites is 1. The standard InChI is InChI=1S/C18H15BrN4O3/c1-26-16-4-2-3-12(17(16)24)10-20-23-18(25)15-9-14(21-22-15)11-5-7-13(19)8-6-11/h2-10,24H,1H3,(H,21,22)(H,23,25)/b20-10-. The van der Waals surface area contributed by atoms with Crippen LogP contribution in [0.5, 0.6) is 11.5 Å². The number of nitrogens with one attached hydrogen (secondary N) is 2. The fourth-order valence-electron chi connectivity index (χ4n) is 2.24. The first kappa shape index (κ1) is 17.7. The maximum atomic E-state index is 12.2. The first-order chi connectivity index (χ1) is 12.6. The minimum absolute atomic E-state index is 0.0490. The van der Waals surface area contributed by atoms with E-state index in [1.807, 2.05) is 24.3 Å². The molecule has 0 aliphatic carbocycles. The zero-order valence-electron chi connectivity index (χ0n) is 13.7. The number of carbonyl (C=O) groups is 1. The lowest BCUT2D eigenvalue weighted by atomic mass is 10.1. The highest BCUT2D eigenvalue weighted by atomic mass is 79.9. The zero-order chi connectivity index (χ0) is 18.5. The molecule has 0 aliphatic heterocycles. The molecule has 26 heavy (non-hydrogen) atoms. The monoisotopic (exact) mass is 414 g/mol. The van der Waals surface area contributed by atoms with Gasteiger partial charge >= 0.3 is 0 Å². The molecule has 2 aromatic carbocycles. The fourth-order valence-corrected chi connectivity index (χ4v) is 2.50. The van der Waals surface area contributed by atoms with Crippen LogP contribution in [0.3, 0.4) is 0 Å². The number of aromatic hydroxyl groups is 1. The first-order valence-corrected chi connectivity index (χ1v) is 8.38. The van der Waals surface area contributed by atoms with Gasteiger partial charge in [0.2, 0.25) is 0 Å². The molecule has 0 spiro atoms. The molecule has 8 heteroatoms. The highest BCUT2D eigenvalue weighted by molar-refractivity contribution is 9.10. The number of aromatic amines is 1. The molecule has 0 radical (unpaired) electrons. The average Bonchev–Trinajstić information content (AvgIpc) is 3.14. The number of benzene rings is 2. The number of hydrogen-bond donors (Lipinski definition) is 3. The molecule has 7 nitrogen and oxygen atoms in total. The average molecular weight is 415 g/mol. The van der Waals surface area contributed by atoms with Crippen molar-refractivity contribution in [3.8, 4) is 22.8 Å². The molecule has 0 unspecified atom stereocenters. The summed E-state index contributed by atoms with van der Waals surface area (Å²) in [4.78, 5) is 12.2. The summed E-state index contributed by atoms with van der Waals surface area (Å²) in [6.07, 6.45) is 1.34. The molecule has 3 N–H and O–H groups in total. The van der Waals surface area contributed by atoms with Gasteiger partial charge in [-0.15, -0.1) is 0 Å². The van der Waals surface area contributed by atoms with Crippen molar-refractivity contribution in [1.82, 2.24) is 15.6 Å². The van der Waals surface area contributed by atoms with Crippen molar-refractivity contribution >= 4 is 28.1 Å². The summed E-state index contributed by atoms with van der Waals surface area (Å²) in [5.41, 5.74) is 4.61. The number of carbonyl (C=O) groups excluding carboxylic acids is 1. The van der Waals surface area contributed by atoms with Crippen LogP contribution < -0.4 is 10.2 Å². The van der Waals surface area contributed by atoms with E-state index in [9.17, 15) is 9.90 Å². The van der Waals surface area contributed by atoms with Crippen molar-refractivity contribution in [2.75, 3.05) is 7.11 Å². The molecule has 0 atom stereocenters. The molecule has 0 aliphatic rings. The van der Waals surface area contributed by atoms with Gasteiger partial charge in [0.15, 0.2) is 11.5 Å². The second-order valence-electron chi connectivity index (χ2n) is 5.27. The van der Waals surface area contributed by atoms with Crippen molar-refractivity contribution in [2.45, 2.75) is 0 Å². The molecule has 0 saturated heterocycles. The maximum Gasteiger partial charge on any atom is 0.289 e. The van der Waals surface area contributed by atoms with E-state index in [2.05, 4.69) is 36.7 Å². The minimum atomic E-state index is -0.445. The van der Waals surface area contributed by atoms with Crippen LogP contribution in [0.25, 0.3) is 11.3 Å². The Hall–Kier alpha value is -3.13. The van der Waals surface area contributed by atoms with Crippen LogP contribution in [0.15, 0.2) is 58.1 Å². The van der Waals surface area contributed by atoms with Crippen molar-refractivity contribution in [3.63, 3.8) is 0 Å². The van der Waals surface area contributed by atoms with E-state index in [-0.39, 0.29) is 11.4 Å². The lowest BCUT2D eigenvalue weighted by molar-refractivity contribution is 0.0950. The molecule has 132 valence electrons. The predicted molar refractivity (Wildman–Crippen MR) is 101 cm³/mol. The second-order valence-corrected chi connectivity index (χ2v) is 6.19. The number of rotatable bonds is 5. The number of H-pyrrole nitrogens is 1. The number of hydrazone groups is 1. The lowest BCUT2D eigenvalue weighted by Gasteiger charge is -2.04. The molecule has 1 heterocycles. The Bertz CT molecular complexity index is 951. The summed E-state index contributed by atoms with van der Waals surface area (Å²) in [5, 5.41) is 20.6. The summed E-state index contributed by atoms with van der Waals surface area (Å²) in [6.45, 7) is 0. The molecule has 0 fully saturated rings. The van der Waals surface area contributed by atoms with Crippen molar-refractivity contribution in [3.05, 3.63) is 64.3 Å². The third-order valence-corrected chi connectivity index (χ3v) is 4.11. The molecule has 1 amide bonds. The predicted octanol–water partition coefficient (Wildman–Crippen LogP) is 3.32. The number of halogens is 1. The number of nitrogens with zero attached hydrogens (tertiary/aromatic N) is 2. The van der Waals surface area contributed by atoms with Gasteiger partial charge in [0.05, 0.1) is 19.0 Å². The molecule has 0 bridgehead atoms. The summed E-state index contributed by atoms with van der Waals surface area (Å²) in [6, 6.07) is 14.2. The second kappa shape index (κ2) is 7.83. The summed E-state index contributed by atoms with van der Waals surface area (Å²) in [7, 11) is 1.46. The Morgan fingerprint density at radius 1 is 1.31 bits per heavy atom. The largest absolute Gasteiger partial charge is 0.504 e. The van der Waals surface area contributed by atoms with Crippen LogP contribution in [0.4, 0.5) is 0 Å². The highest BCUT2D eigenvalue weighted by Crippen LogP contribution is 2.28. The van der Waals surface area contributed by atoms with E-state index in [0.717, 1.165) is 10.0 Å². The third kappa shape index (κ3) is 3.92. The van der Waals surface area contributed by atoms with Gasteiger partial charge < -0.3 is 9.84 Å². The summed E-state index contributed by atoms with van der Waals surface area (Å²) < 4.78 is 5.98. The SMILES string of the molecule is COc1cccc(/C=N\NC(=O)c2cc(-c3ccc(Br)cc3)n[nH]2)c1O. The Morgan fingerprint density at radius 3 is 2.81 bits per heavy atom. The first-order valence-electron chi connectivity index (χ1n) is 7.59. The van der Waals surface area contributed by atoms with Gasteiger partial charge in [-0.05, 0) is 30.3 Å². The molecule has 1 aromatic heterocycles. The summed E-state index contributed by atoms with van der Waals surface area (Å²) >= 11 is 3.37. The van der Waals surface area contributed by atoms with Gasteiger partial charge in [-0.3, -0.25) is 9.89 Å². The lowest BCUT2D eigenvalue weighted by Crippen LogP contribution is -2.18. The van der Waals surface area contributed by atoms with Gasteiger partial charge in [-0.1, -0.05) is 34.1 Å². The van der Waals surface area contributed by atoms with E-state index >= 15 is 0 Å².